The van der Waals surface area contributed by atoms with Gasteiger partial charge in [0.1, 0.15) is 11.6 Å². The van der Waals surface area contributed by atoms with E-state index in [0.717, 1.165) is 10.6 Å². The highest BCUT2D eigenvalue weighted by atomic mass is 32.2. The Bertz CT molecular complexity index is 869. The lowest BCUT2D eigenvalue weighted by Gasteiger charge is -2.19. The first-order valence-corrected chi connectivity index (χ1v) is 9.82. The quantitative estimate of drug-likeness (QED) is 0.801. The molecule has 6 nitrogen and oxygen atoms in total. The summed E-state index contributed by atoms with van der Waals surface area (Å²) in [4.78, 5) is 12.5. The monoisotopic (exact) mass is 380 g/mol. The zero-order valence-corrected chi connectivity index (χ0v) is 15.6. The molecule has 26 heavy (non-hydrogen) atoms. The van der Waals surface area contributed by atoms with Crippen LogP contribution < -0.4 is 14.4 Å². The van der Waals surface area contributed by atoms with E-state index in [-0.39, 0.29) is 11.7 Å². The van der Waals surface area contributed by atoms with E-state index in [2.05, 4.69) is 5.32 Å². The van der Waals surface area contributed by atoms with E-state index in [1.54, 1.807) is 31.2 Å². The topological polar surface area (TPSA) is 75.7 Å². The van der Waals surface area contributed by atoms with Gasteiger partial charge in [-0.05, 0) is 48.9 Å². The van der Waals surface area contributed by atoms with Crippen molar-refractivity contribution in [2.75, 3.05) is 22.9 Å². The van der Waals surface area contributed by atoms with Crippen molar-refractivity contribution in [3.63, 3.8) is 0 Å². The summed E-state index contributed by atoms with van der Waals surface area (Å²) < 4.78 is 43.0. The van der Waals surface area contributed by atoms with Crippen LogP contribution in [0.15, 0.2) is 48.5 Å². The van der Waals surface area contributed by atoms with Gasteiger partial charge in [-0.25, -0.2) is 12.8 Å². The maximum atomic E-state index is 13.0. The van der Waals surface area contributed by atoms with E-state index in [9.17, 15) is 17.6 Å². The number of rotatable bonds is 7. The van der Waals surface area contributed by atoms with Crippen molar-refractivity contribution < 1.29 is 22.3 Å². The fourth-order valence-corrected chi connectivity index (χ4v) is 2.69. The summed E-state index contributed by atoms with van der Waals surface area (Å²) in [6.45, 7) is 1.79. The average Bonchev–Trinajstić information content (AvgIpc) is 2.60. The molecule has 0 aliphatic heterocycles. The molecule has 0 aliphatic rings. The predicted octanol–water partition coefficient (Wildman–Crippen LogP) is 3.02. The Hall–Kier alpha value is -2.61. The molecule has 2 rings (SSSR count). The van der Waals surface area contributed by atoms with Gasteiger partial charge < -0.3 is 10.1 Å². The van der Waals surface area contributed by atoms with E-state index >= 15 is 0 Å². The molecule has 0 fully saturated rings. The van der Waals surface area contributed by atoms with Crippen LogP contribution in [0.5, 0.6) is 5.75 Å². The molecule has 0 unspecified atom stereocenters. The molecule has 1 N–H and O–H groups in total. The molecule has 0 aliphatic carbocycles. The zero-order valence-electron chi connectivity index (χ0n) is 14.8. The Balaban J connectivity index is 2.11. The van der Waals surface area contributed by atoms with Gasteiger partial charge >= 0.3 is 0 Å². The van der Waals surface area contributed by atoms with Gasteiger partial charge in [0.2, 0.25) is 10.0 Å². The largest absolute Gasteiger partial charge is 0.481 e. The predicted molar refractivity (Wildman–Crippen MR) is 99.4 cm³/mol. The third-order valence-corrected chi connectivity index (χ3v) is 4.94. The van der Waals surface area contributed by atoms with E-state index in [0.29, 0.717) is 23.5 Å². The number of benzene rings is 2. The van der Waals surface area contributed by atoms with Crippen molar-refractivity contribution in [1.29, 1.82) is 0 Å². The van der Waals surface area contributed by atoms with E-state index in [1.165, 1.54) is 31.3 Å². The first-order valence-electron chi connectivity index (χ1n) is 7.97. The third-order valence-electron chi connectivity index (χ3n) is 3.73. The van der Waals surface area contributed by atoms with Crippen molar-refractivity contribution >= 4 is 27.3 Å². The van der Waals surface area contributed by atoms with E-state index in [1.807, 2.05) is 0 Å². The Morgan fingerprint density at radius 1 is 1.23 bits per heavy atom. The SMILES string of the molecule is CC[C@@H](Oc1ccc(F)cc1)C(=O)Nc1cccc(N(C)S(C)(=O)=O)c1. The minimum absolute atomic E-state index is 0.379. The number of nitrogens with zero attached hydrogens (tertiary/aromatic N) is 1. The number of anilines is 2. The smallest absolute Gasteiger partial charge is 0.265 e. The molecule has 0 bridgehead atoms. The average molecular weight is 380 g/mol. The Morgan fingerprint density at radius 3 is 2.46 bits per heavy atom. The van der Waals surface area contributed by atoms with Gasteiger partial charge in [0.15, 0.2) is 6.10 Å². The lowest BCUT2D eigenvalue weighted by Crippen LogP contribution is -2.32. The second-order valence-corrected chi connectivity index (χ2v) is 7.75. The summed E-state index contributed by atoms with van der Waals surface area (Å²) in [5, 5.41) is 2.71. The van der Waals surface area contributed by atoms with Crippen LogP contribution in [0.25, 0.3) is 0 Å². The minimum atomic E-state index is -3.40. The van der Waals surface area contributed by atoms with Crippen LogP contribution in [0.4, 0.5) is 15.8 Å². The van der Waals surface area contributed by atoms with Crippen LogP contribution in [0.3, 0.4) is 0 Å². The fraction of sp³-hybridized carbons (Fsp3) is 0.278. The molecule has 0 spiro atoms. The van der Waals surface area contributed by atoms with Gasteiger partial charge in [-0.3, -0.25) is 9.10 Å². The molecule has 0 saturated heterocycles. The van der Waals surface area contributed by atoms with Gasteiger partial charge in [0.05, 0.1) is 11.9 Å². The molecule has 1 atom stereocenters. The molecule has 0 heterocycles. The number of carbonyl (C=O) groups is 1. The zero-order chi connectivity index (χ0) is 19.3. The first kappa shape index (κ1) is 19.7. The molecule has 0 saturated carbocycles. The summed E-state index contributed by atoms with van der Waals surface area (Å²) in [5.74, 6) is -0.378. The summed E-state index contributed by atoms with van der Waals surface area (Å²) >= 11 is 0. The van der Waals surface area contributed by atoms with Crippen LogP contribution in [0.1, 0.15) is 13.3 Å². The van der Waals surface area contributed by atoms with Crippen molar-refractivity contribution in [3.05, 3.63) is 54.3 Å². The number of hydrogen-bond acceptors (Lipinski definition) is 4. The van der Waals surface area contributed by atoms with Gasteiger partial charge in [-0.15, -0.1) is 0 Å². The minimum Gasteiger partial charge on any atom is -0.481 e. The number of halogens is 1. The Morgan fingerprint density at radius 2 is 1.88 bits per heavy atom. The normalized spacial score (nSPS) is 12.3. The highest BCUT2D eigenvalue weighted by molar-refractivity contribution is 7.92. The van der Waals surface area contributed by atoms with Crippen molar-refractivity contribution in [2.45, 2.75) is 19.4 Å². The molecule has 1 amide bonds. The molecule has 0 radical (unpaired) electrons. The highest BCUT2D eigenvalue weighted by Gasteiger charge is 2.19. The van der Waals surface area contributed by atoms with Crippen molar-refractivity contribution in [2.24, 2.45) is 0 Å². The van der Waals surface area contributed by atoms with Gasteiger partial charge in [-0.2, -0.15) is 0 Å². The number of ether oxygens (including phenoxy) is 1. The van der Waals surface area contributed by atoms with Gasteiger partial charge in [-0.1, -0.05) is 13.0 Å². The number of sulfonamides is 1. The molecule has 140 valence electrons. The maximum Gasteiger partial charge on any atom is 0.265 e. The van der Waals surface area contributed by atoms with Crippen molar-refractivity contribution in [1.82, 2.24) is 0 Å². The summed E-state index contributed by atoms with van der Waals surface area (Å²) in [6.07, 6.45) is 0.741. The molecule has 0 aromatic heterocycles. The lowest BCUT2D eigenvalue weighted by atomic mass is 10.2. The first-order chi connectivity index (χ1) is 12.2. The summed E-state index contributed by atoms with van der Waals surface area (Å²) in [7, 11) is -1.97. The van der Waals surface area contributed by atoms with E-state index in [4.69, 9.17) is 4.74 Å². The van der Waals surface area contributed by atoms with E-state index < -0.39 is 16.1 Å². The Labute approximate surface area is 152 Å². The number of carbonyl (C=O) groups excluding carboxylic acids is 1. The molecule has 2 aromatic rings. The molecular weight excluding hydrogens is 359 g/mol. The summed E-state index contributed by atoms with van der Waals surface area (Å²) in [5.41, 5.74) is 0.877. The summed E-state index contributed by atoms with van der Waals surface area (Å²) in [6, 6.07) is 11.9. The number of amides is 1. The van der Waals surface area contributed by atoms with Crippen LogP contribution >= 0.6 is 0 Å². The number of hydrogen-bond donors (Lipinski definition) is 1. The van der Waals surface area contributed by atoms with Crippen LogP contribution in [0, 0.1) is 5.82 Å². The van der Waals surface area contributed by atoms with Crippen LogP contribution in [0.2, 0.25) is 0 Å². The molecular formula is C18H21FN2O4S. The molecule has 8 heteroatoms. The van der Waals surface area contributed by atoms with Crippen molar-refractivity contribution in [3.8, 4) is 5.75 Å². The standard InChI is InChI=1S/C18H21FN2O4S/c1-4-17(25-16-10-8-13(19)9-11-16)18(22)20-14-6-5-7-15(12-14)21(2)26(3,23)24/h5-12,17H,4H2,1-3H3,(H,20,22)/t17-/m1/s1. The third kappa shape index (κ3) is 5.19. The van der Waals surface area contributed by atoms with Gasteiger partial charge in [0, 0.05) is 12.7 Å². The highest BCUT2D eigenvalue weighted by Crippen LogP contribution is 2.21. The second-order valence-electron chi connectivity index (χ2n) is 5.74. The van der Waals surface area contributed by atoms with Gasteiger partial charge in [0.25, 0.3) is 5.91 Å². The Kier molecular flexibility index (Phi) is 6.20. The lowest BCUT2D eigenvalue weighted by molar-refractivity contribution is -0.122. The van der Waals surface area contributed by atoms with Crippen LogP contribution in [-0.2, 0) is 14.8 Å². The maximum absolute atomic E-state index is 13.0. The number of nitrogens with one attached hydrogen (secondary N) is 1. The van der Waals surface area contributed by atoms with Crippen LogP contribution in [-0.4, -0.2) is 33.7 Å². The fourth-order valence-electron chi connectivity index (χ4n) is 2.19. The molecule has 2 aromatic carbocycles. The second kappa shape index (κ2) is 8.18.